The van der Waals surface area contributed by atoms with Gasteiger partial charge in [-0.25, -0.2) is 0 Å². The first-order valence-electron chi connectivity index (χ1n) is 6.51. The van der Waals surface area contributed by atoms with Gasteiger partial charge in [0.1, 0.15) is 0 Å². The third kappa shape index (κ3) is 2.55. The molecule has 0 spiro atoms. The van der Waals surface area contributed by atoms with Crippen LogP contribution in [0.2, 0.25) is 0 Å². The smallest absolute Gasteiger partial charge is 0.0100 e. The van der Waals surface area contributed by atoms with E-state index >= 15 is 0 Å². The lowest BCUT2D eigenvalue weighted by molar-refractivity contribution is 0.442. The first-order valence-corrected chi connectivity index (χ1v) is 6.51. The van der Waals surface area contributed by atoms with Crippen molar-refractivity contribution in [2.24, 2.45) is 0 Å². The van der Waals surface area contributed by atoms with E-state index in [2.05, 4.69) is 31.7 Å². The van der Waals surface area contributed by atoms with Crippen molar-refractivity contribution >= 4 is 0 Å². The first kappa shape index (κ1) is 11.4. The molecule has 1 aliphatic carbocycles. The zero-order chi connectivity index (χ0) is 11.4. The molecule has 0 N–H and O–H groups in total. The second-order valence-electron chi connectivity index (χ2n) is 5.02. The largest absolute Gasteiger partial charge is 0.103 e. The van der Waals surface area contributed by atoms with Gasteiger partial charge in [0.2, 0.25) is 0 Å². The average Bonchev–Trinajstić information content (AvgIpc) is 2.33. The summed E-state index contributed by atoms with van der Waals surface area (Å²) in [5.74, 6) is 0.818. The van der Waals surface area contributed by atoms with Crippen LogP contribution < -0.4 is 0 Å². The van der Waals surface area contributed by atoms with Gasteiger partial charge in [0, 0.05) is 0 Å². The first-order chi connectivity index (χ1) is 7.81. The molecule has 0 aromatic heterocycles. The highest BCUT2D eigenvalue weighted by molar-refractivity contribution is 5.34. The Morgan fingerprint density at radius 3 is 2.69 bits per heavy atom. The predicted molar refractivity (Wildman–Crippen MR) is 70.9 cm³/mol. The van der Waals surface area contributed by atoms with Crippen LogP contribution in [0.3, 0.4) is 0 Å². The van der Waals surface area contributed by atoms with E-state index in [1.54, 1.807) is 5.56 Å². The lowest BCUT2D eigenvalue weighted by Gasteiger charge is -2.24. The van der Waals surface area contributed by atoms with Crippen LogP contribution in [0.4, 0.5) is 0 Å². The summed E-state index contributed by atoms with van der Waals surface area (Å²) in [6.07, 6.45) is 10.0. The summed E-state index contributed by atoms with van der Waals surface area (Å²) in [5, 5.41) is 0. The Bertz CT molecular complexity index is 356. The maximum atomic E-state index is 3.82. The Hall–Kier alpha value is -1.04. The zero-order valence-electron chi connectivity index (χ0n) is 10.3. The van der Waals surface area contributed by atoms with Crippen LogP contribution in [0.15, 0.2) is 30.9 Å². The molecule has 0 heterocycles. The normalized spacial score (nSPS) is 17.3. The molecule has 16 heavy (non-hydrogen) atoms. The summed E-state index contributed by atoms with van der Waals surface area (Å²) in [7, 11) is 0. The van der Waals surface area contributed by atoms with Crippen molar-refractivity contribution < 1.29 is 0 Å². The quantitative estimate of drug-likeness (QED) is 0.636. The Balaban J connectivity index is 2.23. The molecular weight excluding hydrogens is 192 g/mol. The average molecular weight is 214 g/mol. The minimum Gasteiger partial charge on any atom is -0.103 e. The van der Waals surface area contributed by atoms with Crippen LogP contribution in [-0.2, 0) is 6.42 Å². The Morgan fingerprint density at radius 1 is 1.25 bits per heavy atom. The summed E-state index contributed by atoms with van der Waals surface area (Å²) in [4.78, 5) is 0. The Labute approximate surface area is 99.4 Å². The van der Waals surface area contributed by atoms with E-state index < -0.39 is 0 Å². The van der Waals surface area contributed by atoms with Gasteiger partial charge < -0.3 is 0 Å². The highest BCUT2D eigenvalue weighted by Gasteiger charge is 2.17. The second-order valence-corrected chi connectivity index (χ2v) is 5.02. The molecule has 0 atom stereocenters. The molecule has 0 aliphatic heterocycles. The molecule has 0 nitrogen and oxygen atoms in total. The van der Waals surface area contributed by atoms with Gasteiger partial charge in [-0.2, -0.15) is 0 Å². The number of hydrogen-bond acceptors (Lipinski definition) is 0. The van der Waals surface area contributed by atoms with Crippen molar-refractivity contribution in [2.75, 3.05) is 0 Å². The zero-order valence-corrected chi connectivity index (χ0v) is 10.3. The molecule has 0 saturated heterocycles. The van der Waals surface area contributed by atoms with Gasteiger partial charge >= 0.3 is 0 Å². The topological polar surface area (TPSA) is 0 Å². The number of aryl methyl sites for hydroxylation is 1. The fraction of sp³-hybridized carbons (Fsp3) is 0.500. The van der Waals surface area contributed by atoms with Crippen LogP contribution >= 0.6 is 0 Å². The fourth-order valence-corrected chi connectivity index (χ4v) is 2.84. The van der Waals surface area contributed by atoms with Crippen molar-refractivity contribution in [2.45, 2.75) is 51.4 Å². The minimum atomic E-state index is 0.818. The van der Waals surface area contributed by atoms with Crippen molar-refractivity contribution in [1.29, 1.82) is 0 Å². The number of allylic oxidation sites excluding steroid dienone is 1. The predicted octanol–water partition coefficient (Wildman–Crippen LogP) is 4.77. The number of rotatable bonds is 3. The maximum Gasteiger partial charge on any atom is -0.0100 e. The molecular formula is C16H22. The van der Waals surface area contributed by atoms with E-state index in [9.17, 15) is 0 Å². The van der Waals surface area contributed by atoms with Crippen molar-refractivity contribution in [1.82, 2.24) is 0 Å². The summed E-state index contributed by atoms with van der Waals surface area (Å²) in [6.45, 7) is 6.07. The van der Waals surface area contributed by atoms with Crippen molar-refractivity contribution in [3.05, 3.63) is 47.5 Å². The fourth-order valence-electron chi connectivity index (χ4n) is 2.84. The molecule has 1 aromatic rings. The Morgan fingerprint density at radius 2 is 2.00 bits per heavy atom. The summed E-state index contributed by atoms with van der Waals surface area (Å²) < 4.78 is 0. The molecule has 1 fully saturated rings. The molecule has 0 amide bonds. The molecule has 0 radical (unpaired) electrons. The monoisotopic (exact) mass is 214 g/mol. The lowest BCUT2D eigenvalue weighted by Crippen LogP contribution is -2.06. The van der Waals surface area contributed by atoms with Gasteiger partial charge in [0.25, 0.3) is 0 Å². The Kier molecular flexibility index (Phi) is 3.82. The van der Waals surface area contributed by atoms with Crippen LogP contribution in [0.25, 0.3) is 0 Å². The van der Waals surface area contributed by atoms with Crippen LogP contribution in [0, 0.1) is 6.92 Å². The molecule has 1 saturated carbocycles. The van der Waals surface area contributed by atoms with Gasteiger partial charge in [-0.05, 0) is 48.8 Å². The molecule has 0 heteroatoms. The van der Waals surface area contributed by atoms with E-state index in [1.165, 1.54) is 43.2 Å². The maximum absolute atomic E-state index is 3.82. The standard InChI is InChI=1S/C16H22/c1-3-7-14-11-10-13(2)16(12-14)15-8-5-4-6-9-15/h3,10-12,15H,1,4-9H2,2H3. The van der Waals surface area contributed by atoms with Gasteiger partial charge in [-0.3, -0.25) is 0 Å². The number of benzene rings is 1. The van der Waals surface area contributed by atoms with E-state index in [0.717, 1.165) is 12.3 Å². The van der Waals surface area contributed by atoms with Gasteiger partial charge in [-0.15, -0.1) is 6.58 Å². The van der Waals surface area contributed by atoms with Crippen molar-refractivity contribution in [3.63, 3.8) is 0 Å². The molecule has 1 aliphatic rings. The van der Waals surface area contributed by atoms with E-state index in [0.29, 0.717) is 0 Å². The summed E-state index contributed by atoms with van der Waals surface area (Å²) in [5.41, 5.74) is 4.49. The van der Waals surface area contributed by atoms with Gasteiger partial charge in [0.15, 0.2) is 0 Å². The van der Waals surface area contributed by atoms with E-state index in [4.69, 9.17) is 0 Å². The van der Waals surface area contributed by atoms with Crippen molar-refractivity contribution in [3.8, 4) is 0 Å². The van der Waals surface area contributed by atoms with Crippen LogP contribution in [-0.4, -0.2) is 0 Å². The highest BCUT2D eigenvalue weighted by Crippen LogP contribution is 2.34. The van der Waals surface area contributed by atoms with Crippen LogP contribution in [0.5, 0.6) is 0 Å². The van der Waals surface area contributed by atoms with Gasteiger partial charge in [0.05, 0.1) is 0 Å². The third-order valence-electron chi connectivity index (χ3n) is 3.77. The molecule has 2 rings (SSSR count). The minimum absolute atomic E-state index is 0.818. The number of hydrogen-bond donors (Lipinski definition) is 0. The van der Waals surface area contributed by atoms with E-state index in [1.807, 2.05) is 6.08 Å². The molecule has 86 valence electrons. The molecule has 0 bridgehead atoms. The van der Waals surface area contributed by atoms with E-state index in [-0.39, 0.29) is 0 Å². The van der Waals surface area contributed by atoms with Gasteiger partial charge in [-0.1, -0.05) is 43.5 Å². The lowest BCUT2D eigenvalue weighted by atomic mass is 9.81. The second kappa shape index (κ2) is 5.34. The third-order valence-corrected chi connectivity index (χ3v) is 3.77. The SMILES string of the molecule is C=CCc1ccc(C)c(C2CCCCC2)c1. The van der Waals surface area contributed by atoms with Crippen LogP contribution in [0.1, 0.15) is 54.7 Å². The molecule has 1 aromatic carbocycles. The summed E-state index contributed by atoms with van der Waals surface area (Å²) in [6, 6.07) is 6.93. The highest BCUT2D eigenvalue weighted by atomic mass is 14.2. The summed E-state index contributed by atoms with van der Waals surface area (Å²) >= 11 is 0. The molecule has 0 unspecified atom stereocenters.